The lowest BCUT2D eigenvalue weighted by Gasteiger charge is -2.15. The molecular formula is C17H15ClO2. The smallest absolute Gasteiger partial charge is 0.170 e. The molecule has 0 radical (unpaired) electrons. The summed E-state index contributed by atoms with van der Waals surface area (Å²) in [6.45, 7) is 1.51. The van der Waals surface area contributed by atoms with E-state index in [4.69, 9.17) is 11.6 Å². The zero-order chi connectivity index (χ0) is 14.5. The van der Waals surface area contributed by atoms with E-state index in [2.05, 4.69) is 0 Å². The first-order chi connectivity index (χ1) is 9.58. The average Bonchev–Trinajstić information content (AvgIpc) is 2.45. The van der Waals surface area contributed by atoms with Gasteiger partial charge in [-0.25, -0.2) is 0 Å². The fourth-order valence-electron chi connectivity index (χ4n) is 2.15. The summed E-state index contributed by atoms with van der Waals surface area (Å²) in [7, 11) is 0. The van der Waals surface area contributed by atoms with Gasteiger partial charge in [-0.2, -0.15) is 0 Å². The van der Waals surface area contributed by atoms with Crippen LogP contribution in [0.25, 0.3) is 0 Å². The maximum absolute atomic E-state index is 12.6. The molecule has 0 aliphatic heterocycles. The molecular weight excluding hydrogens is 272 g/mol. The maximum Gasteiger partial charge on any atom is 0.170 e. The molecule has 0 aliphatic carbocycles. The Balaban J connectivity index is 2.34. The fourth-order valence-corrected chi connectivity index (χ4v) is 2.28. The van der Waals surface area contributed by atoms with Gasteiger partial charge in [-0.15, -0.1) is 0 Å². The molecule has 20 heavy (non-hydrogen) atoms. The average molecular weight is 287 g/mol. The van der Waals surface area contributed by atoms with Gasteiger partial charge in [0.05, 0.1) is 5.92 Å². The number of ketones is 2. The van der Waals surface area contributed by atoms with Gasteiger partial charge in [0.25, 0.3) is 0 Å². The zero-order valence-electron chi connectivity index (χ0n) is 11.2. The van der Waals surface area contributed by atoms with Crippen LogP contribution in [-0.4, -0.2) is 11.6 Å². The van der Waals surface area contributed by atoms with E-state index >= 15 is 0 Å². The topological polar surface area (TPSA) is 34.1 Å². The van der Waals surface area contributed by atoms with Crippen LogP contribution in [0.2, 0.25) is 5.02 Å². The molecule has 0 saturated carbocycles. The third kappa shape index (κ3) is 3.55. The van der Waals surface area contributed by atoms with E-state index in [-0.39, 0.29) is 18.0 Å². The van der Waals surface area contributed by atoms with Crippen molar-refractivity contribution in [3.63, 3.8) is 0 Å². The molecule has 2 aromatic carbocycles. The van der Waals surface area contributed by atoms with Crippen LogP contribution in [0.3, 0.4) is 0 Å². The monoisotopic (exact) mass is 286 g/mol. The van der Waals surface area contributed by atoms with Crippen LogP contribution < -0.4 is 0 Å². The van der Waals surface area contributed by atoms with Gasteiger partial charge >= 0.3 is 0 Å². The minimum Gasteiger partial charge on any atom is -0.300 e. The molecule has 0 fully saturated rings. The highest BCUT2D eigenvalue weighted by Crippen LogP contribution is 2.25. The number of Topliss-reactive ketones (excluding diaryl/α,β-unsaturated/α-hetero) is 2. The molecule has 0 saturated heterocycles. The second-order valence-electron chi connectivity index (χ2n) is 4.74. The van der Waals surface area contributed by atoms with E-state index in [1.54, 1.807) is 24.3 Å². The number of carbonyl (C=O) groups is 2. The summed E-state index contributed by atoms with van der Waals surface area (Å²) in [6, 6.07) is 16.1. The summed E-state index contributed by atoms with van der Waals surface area (Å²) in [5, 5.41) is 0.587. The van der Waals surface area contributed by atoms with Crippen LogP contribution in [0.4, 0.5) is 0 Å². The van der Waals surface area contributed by atoms with E-state index in [1.807, 2.05) is 30.3 Å². The van der Waals surface area contributed by atoms with Gasteiger partial charge in [-0.3, -0.25) is 9.59 Å². The maximum atomic E-state index is 12.6. The Labute approximate surface area is 123 Å². The molecule has 1 unspecified atom stereocenters. The molecule has 2 aromatic rings. The Morgan fingerprint density at radius 2 is 1.60 bits per heavy atom. The number of rotatable bonds is 5. The lowest BCUT2D eigenvalue weighted by molar-refractivity contribution is -0.117. The number of hydrogen-bond acceptors (Lipinski definition) is 2. The number of benzene rings is 2. The summed E-state index contributed by atoms with van der Waals surface area (Å²) in [4.78, 5) is 24.0. The standard InChI is InChI=1S/C17H15ClO2/c1-12(19)11-16(13-5-3-2-4-6-13)17(20)14-7-9-15(18)10-8-14/h2-10,16H,11H2,1H3. The third-order valence-corrected chi connectivity index (χ3v) is 3.39. The normalized spacial score (nSPS) is 11.9. The highest BCUT2D eigenvalue weighted by atomic mass is 35.5. The van der Waals surface area contributed by atoms with Gasteiger partial charge in [-0.05, 0) is 36.8 Å². The Bertz CT molecular complexity index is 603. The van der Waals surface area contributed by atoms with E-state index in [1.165, 1.54) is 6.92 Å². The SMILES string of the molecule is CC(=O)CC(C(=O)c1ccc(Cl)cc1)c1ccccc1. The molecule has 2 nitrogen and oxygen atoms in total. The first kappa shape index (κ1) is 14.5. The van der Waals surface area contributed by atoms with Gasteiger partial charge in [0.2, 0.25) is 0 Å². The highest BCUT2D eigenvalue weighted by Gasteiger charge is 2.23. The molecule has 2 rings (SSSR count). The zero-order valence-corrected chi connectivity index (χ0v) is 11.9. The minimum absolute atomic E-state index is 0.00108. The Morgan fingerprint density at radius 1 is 1.00 bits per heavy atom. The quantitative estimate of drug-likeness (QED) is 0.769. The van der Waals surface area contributed by atoms with E-state index < -0.39 is 5.92 Å². The van der Waals surface area contributed by atoms with Gasteiger partial charge < -0.3 is 0 Å². The summed E-state index contributed by atoms with van der Waals surface area (Å²) < 4.78 is 0. The minimum atomic E-state index is -0.435. The number of hydrogen-bond donors (Lipinski definition) is 0. The summed E-state index contributed by atoms with van der Waals surface area (Å²) >= 11 is 5.83. The Morgan fingerprint density at radius 3 is 2.15 bits per heavy atom. The van der Waals surface area contributed by atoms with Crippen LogP contribution >= 0.6 is 11.6 Å². The van der Waals surface area contributed by atoms with Crippen LogP contribution in [-0.2, 0) is 4.79 Å². The number of carbonyl (C=O) groups excluding carboxylic acids is 2. The van der Waals surface area contributed by atoms with Crippen LogP contribution in [0.1, 0.15) is 35.2 Å². The van der Waals surface area contributed by atoms with Crippen molar-refractivity contribution in [3.05, 3.63) is 70.7 Å². The first-order valence-electron chi connectivity index (χ1n) is 6.42. The molecule has 0 aromatic heterocycles. The summed E-state index contributed by atoms with van der Waals surface area (Å²) in [5.74, 6) is -0.487. The van der Waals surface area contributed by atoms with Crippen molar-refractivity contribution in [1.82, 2.24) is 0 Å². The number of halogens is 1. The molecule has 0 heterocycles. The van der Waals surface area contributed by atoms with Gasteiger partial charge in [-0.1, -0.05) is 41.9 Å². The third-order valence-electron chi connectivity index (χ3n) is 3.14. The van der Waals surface area contributed by atoms with E-state index in [0.29, 0.717) is 10.6 Å². The van der Waals surface area contributed by atoms with Gasteiger partial charge in [0.1, 0.15) is 5.78 Å². The molecule has 0 spiro atoms. The Hall–Kier alpha value is -1.93. The first-order valence-corrected chi connectivity index (χ1v) is 6.80. The van der Waals surface area contributed by atoms with Crippen molar-refractivity contribution in [2.24, 2.45) is 0 Å². The highest BCUT2D eigenvalue weighted by molar-refractivity contribution is 6.30. The van der Waals surface area contributed by atoms with Crippen LogP contribution in [0, 0.1) is 0 Å². The van der Waals surface area contributed by atoms with E-state index in [0.717, 1.165) is 5.56 Å². The second kappa shape index (κ2) is 6.49. The molecule has 1 atom stereocenters. The molecule has 0 aliphatic rings. The van der Waals surface area contributed by atoms with E-state index in [9.17, 15) is 9.59 Å². The second-order valence-corrected chi connectivity index (χ2v) is 5.18. The summed E-state index contributed by atoms with van der Waals surface area (Å²) in [5.41, 5.74) is 1.44. The van der Waals surface area contributed by atoms with Crippen LogP contribution in [0.15, 0.2) is 54.6 Å². The van der Waals surface area contributed by atoms with Crippen molar-refractivity contribution in [3.8, 4) is 0 Å². The largest absolute Gasteiger partial charge is 0.300 e. The molecule has 0 bridgehead atoms. The molecule has 102 valence electrons. The Kier molecular flexibility index (Phi) is 4.70. The fraction of sp³-hybridized carbons (Fsp3) is 0.176. The van der Waals surface area contributed by atoms with Crippen molar-refractivity contribution < 1.29 is 9.59 Å². The van der Waals surface area contributed by atoms with Crippen molar-refractivity contribution in [1.29, 1.82) is 0 Å². The molecule has 3 heteroatoms. The molecule has 0 amide bonds. The molecule has 0 N–H and O–H groups in total. The lowest BCUT2D eigenvalue weighted by atomic mass is 9.87. The van der Waals surface area contributed by atoms with Crippen molar-refractivity contribution in [2.45, 2.75) is 19.3 Å². The predicted molar refractivity (Wildman–Crippen MR) is 80.3 cm³/mol. The van der Waals surface area contributed by atoms with Gasteiger partial charge in [0.15, 0.2) is 5.78 Å². The van der Waals surface area contributed by atoms with Crippen molar-refractivity contribution in [2.75, 3.05) is 0 Å². The van der Waals surface area contributed by atoms with Crippen molar-refractivity contribution >= 4 is 23.2 Å². The van der Waals surface area contributed by atoms with Gasteiger partial charge in [0, 0.05) is 17.0 Å². The lowest BCUT2D eigenvalue weighted by Crippen LogP contribution is -2.16. The van der Waals surface area contributed by atoms with Crippen LogP contribution in [0.5, 0.6) is 0 Å². The predicted octanol–water partition coefficient (Wildman–Crippen LogP) is 4.29. The summed E-state index contributed by atoms with van der Waals surface area (Å²) in [6.07, 6.45) is 0.214.